The van der Waals surface area contributed by atoms with Gasteiger partial charge in [0.15, 0.2) is 0 Å². The lowest BCUT2D eigenvalue weighted by Crippen LogP contribution is -1.97. The summed E-state index contributed by atoms with van der Waals surface area (Å²) in [4.78, 5) is 8.52. The van der Waals surface area contributed by atoms with Gasteiger partial charge in [-0.25, -0.2) is 4.98 Å². The minimum Gasteiger partial charge on any atom is -0.382 e. The molecule has 1 aromatic carbocycles. The number of nitrogen functional groups attached to an aromatic ring is 1. The summed E-state index contributed by atoms with van der Waals surface area (Å²) in [5, 5.41) is 0. The van der Waals surface area contributed by atoms with E-state index >= 15 is 0 Å². The quantitative estimate of drug-likeness (QED) is 0.834. The summed E-state index contributed by atoms with van der Waals surface area (Å²) >= 11 is 0. The number of nitrogens with two attached hydrogens (primary N) is 1. The van der Waals surface area contributed by atoms with E-state index in [2.05, 4.69) is 41.2 Å². The number of rotatable bonds is 2. The average Bonchev–Trinajstić information content (AvgIpc) is 2.29. The molecule has 0 saturated heterocycles. The Bertz CT molecular complexity index is 489. The first kappa shape index (κ1) is 10.6. The zero-order valence-electron chi connectivity index (χ0n) is 9.57. The smallest absolute Gasteiger partial charge is 0.142 e. The number of nitrogens with zero attached hydrogens (tertiary/aromatic N) is 2. The molecule has 0 aliphatic heterocycles. The van der Waals surface area contributed by atoms with Crippen molar-refractivity contribution in [1.82, 2.24) is 9.97 Å². The molecule has 0 spiro atoms. The topological polar surface area (TPSA) is 51.8 Å². The van der Waals surface area contributed by atoms with Crippen molar-refractivity contribution in [3.05, 3.63) is 41.7 Å². The molecular weight excluding hydrogens is 198 g/mol. The maximum Gasteiger partial charge on any atom is 0.142 e. The summed E-state index contributed by atoms with van der Waals surface area (Å²) in [5.74, 6) is 0.464. The van der Waals surface area contributed by atoms with Crippen molar-refractivity contribution >= 4 is 5.82 Å². The Hall–Kier alpha value is -1.90. The van der Waals surface area contributed by atoms with Gasteiger partial charge < -0.3 is 5.73 Å². The van der Waals surface area contributed by atoms with E-state index < -0.39 is 0 Å². The molecule has 0 aliphatic rings. The highest BCUT2D eigenvalue weighted by atomic mass is 14.9. The molecule has 1 aromatic heterocycles. The molecule has 0 saturated carbocycles. The third kappa shape index (κ3) is 2.03. The van der Waals surface area contributed by atoms with Gasteiger partial charge in [-0.15, -0.1) is 0 Å². The highest BCUT2D eigenvalue weighted by Crippen LogP contribution is 2.20. The maximum absolute atomic E-state index is 5.58. The van der Waals surface area contributed by atoms with Gasteiger partial charge in [-0.2, -0.15) is 0 Å². The molecule has 2 rings (SSSR count). The van der Waals surface area contributed by atoms with Gasteiger partial charge in [0.1, 0.15) is 5.82 Å². The Morgan fingerprint density at radius 1 is 1.19 bits per heavy atom. The highest BCUT2D eigenvalue weighted by Gasteiger charge is 2.04. The Balaban J connectivity index is 2.42. The number of benzene rings is 1. The van der Waals surface area contributed by atoms with Gasteiger partial charge in [-0.05, 0) is 18.9 Å². The van der Waals surface area contributed by atoms with Crippen LogP contribution in [0.2, 0.25) is 0 Å². The lowest BCUT2D eigenvalue weighted by atomic mass is 10.1. The second-order valence-corrected chi connectivity index (χ2v) is 3.78. The van der Waals surface area contributed by atoms with Gasteiger partial charge in [0.25, 0.3) is 0 Å². The minimum absolute atomic E-state index is 0.464. The molecule has 3 nitrogen and oxygen atoms in total. The van der Waals surface area contributed by atoms with Crippen molar-refractivity contribution in [2.45, 2.75) is 20.3 Å². The molecule has 1 heterocycles. The van der Waals surface area contributed by atoms with E-state index in [1.54, 1.807) is 6.20 Å². The van der Waals surface area contributed by atoms with Crippen LogP contribution in [0, 0.1) is 6.92 Å². The number of hydrogen-bond donors (Lipinski definition) is 1. The Morgan fingerprint density at radius 3 is 2.44 bits per heavy atom. The van der Waals surface area contributed by atoms with E-state index in [9.17, 15) is 0 Å². The predicted octanol–water partition coefficient (Wildman–Crippen LogP) is 2.60. The lowest BCUT2D eigenvalue weighted by Gasteiger charge is -2.05. The third-order valence-corrected chi connectivity index (χ3v) is 2.60. The number of aromatic nitrogens is 2. The van der Waals surface area contributed by atoms with Crippen LogP contribution in [-0.2, 0) is 6.42 Å². The molecule has 0 amide bonds. The highest BCUT2D eigenvalue weighted by molar-refractivity contribution is 5.62. The molecule has 16 heavy (non-hydrogen) atoms. The van der Waals surface area contributed by atoms with Crippen LogP contribution in [0.25, 0.3) is 11.3 Å². The SMILES string of the molecule is CCc1ccc(-c2ncc(N)nc2C)cc1. The Kier molecular flexibility index (Phi) is 2.86. The molecule has 0 aliphatic carbocycles. The third-order valence-electron chi connectivity index (χ3n) is 2.60. The fourth-order valence-electron chi connectivity index (χ4n) is 1.68. The van der Waals surface area contributed by atoms with Crippen LogP contribution >= 0.6 is 0 Å². The van der Waals surface area contributed by atoms with Crippen molar-refractivity contribution in [1.29, 1.82) is 0 Å². The minimum atomic E-state index is 0.464. The molecule has 0 fully saturated rings. The molecule has 0 atom stereocenters. The van der Waals surface area contributed by atoms with Crippen molar-refractivity contribution in [3.8, 4) is 11.3 Å². The predicted molar refractivity (Wildman–Crippen MR) is 66.0 cm³/mol. The fraction of sp³-hybridized carbons (Fsp3) is 0.231. The normalized spacial score (nSPS) is 10.4. The first-order chi connectivity index (χ1) is 7.70. The molecule has 3 heteroatoms. The second kappa shape index (κ2) is 4.31. The van der Waals surface area contributed by atoms with Crippen molar-refractivity contribution in [2.24, 2.45) is 0 Å². The van der Waals surface area contributed by atoms with Gasteiger partial charge in [-0.3, -0.25) is 4.98 Å². The largest absolute Gasteiger partial charge is 0.382 e. The fourth-order valence-corrected chi connectivity index (χ4v) is 1.68. The van der Waals surface area contributed by atoms with Gasteiger partial charge in [0, 0.05) is 5.56 Å². The van der Waals surface area contributed by atoms with Gasteiger partial charge in [0.05, 0.1) is 17.6 Å². The van der Waals surface area contributed by atoms with Crippen molar-refractivity contribution < 1.29 is 0 Å². The van der Waals surface area contributed by atoms with E-state index in [4.69, 9.17) is 5.73 Å². The van der Waals surface area contributed by atoms with Crippen LogP contribution < -0.4 is 5.73 Å². The Morgan fingerprint density at radius 2 is 1.88 bits per heavy atom. The molecule has 2 N–H and O–H groups in total. The standard InChI is InChI=1S/C13H15N3/c1-3-10-4-6-11(7-5-10)13-9(2)16-12(14)8-15-13/h4-8H,3H2,1-2H3,(H2,14,16). The molecule has 0 unspecified atom stereocenters. The number of aryl methyl sites for hydroxylation is 2. The van der Waals surface area contributed by atoms with Crippen LogP contribution in [0.15, 0.2) is 30.5 Å². The van der Waals surface area contributed by atoms with E-state index in [1.807, 2.05) is 6.92 Å². The number of anilines is 1. The van der Waals surface area contributed by atoms with E-state index in [1.165, 1.54) is 5.56 Å². The first-order valence-electron chi connectivity index (χ1n) is 5.39. The summed E-state index contributed by atoms with van der Waals surface area (Å²) in [7, 11) is 0. The van der Waals surface area contributed by atoms with E-state index in [-0.39, 0.29) is 0 Å². The molecule has 2 aromatic rings. The van der Waals surface area contributed by atoms with Crippen molar-refractivity contribution in [3.63, 3.8) is 0 Å². The van der Waals surface area contributed by atoms with E-state index in [0.717, 1.165) is 23.4 Å². The summed E-state index contributed by atoms with van der Waals surface area (Å²) in [5.41, 5.74) is 9.75. The van der Waals surface area contributed by atoms with Crippen LogP contribution in [0.1, 0.15) is 18.2 Å². The van der Waals surface area contributed by atoms with Crippen molar-refractivity contribution in [2.75, 3.05) is 5.73 Å². The zero-order valence-corrected chi connectivity index (χ0v) is 9.57. The van der Waals surface area contributed by atoms with Crippen LogP contribution in [-0.4, -0.2) is 9.97 Å². The molecule has 0 bridgehead atoms. The van der Waals surface area contributed by atoms with Crippen LogP contribution in [0.3, 0.4) is 0 Å². The monoisotopic (exact) mass is 213 g/mol. The maximum atomic E-state index is 5.58. The molecule has 0 radical (unpaired) electrons. The van der Waals surface area contributed by atoms with Gasteiger partial charge in [-0.1, -0.05) is 31.2 Å². The lowest BCUT2D eigenvalue weighted by molar-refractivity contribution is 1.12. The first-order valence-corrected chi connectivity index (χ1v) is 5.39. The zero-order chi connectivity index (χ0) is 11.5. The van der Waals surface area contributed by atoms with Gasteiger partial charge in [0.2, 0.25) is 0 Å². The number of hydrogen-bond acceptors (Lipinski definition) is 3. The summed E-state index contributed by atoms with van der Waals surface area (Å²) < 4.78 is 0. The molecule has 82 valence electrons. The van der Waals surface area contributed by atoms with E-state index in [0.29, 0.717) is 5.82 Å². The summed E-state index contributed by atoms with van der Waals surface area (Å²) in [6.45, 7) is 4.07. The average molecular weight is 213 g/mol. The summed E-state index contributed by atoms with van der Waals surface area (Å²) in [6.07, 6.45) is 2.64. The van der Waals surface area contributed by atoms with Crippen LogP contribution in [0.5, 0.6) is 0 Å². The molecular formula is C13H15N3. The van der Waals surface area contributed by atoms with Crippen LogP contribution in [0.4, 0.5) is 5.82 Å². The second-order valence-electron chi connectivity index (χ2n) is 3.78. The van der Waals surface area contributed by atoms with Gasteiger partial charge >= 0.3 is 0 Å². The summed E-state index contributed by atoms with van der Waals surface area (Å²) in [6, 6.07) is 8.39. The Labute approximate surface area is 95.4 Å².